The Morgan fingerprint density at radius 2 is 1.46 bits per heavy atom. The number of benzene rings is 1. The van der Waals surface area contributed by atoms with Gasteiger partial charge >= 0.3 is 26.2 Å². The first-order valence-corrected chi connectivity index (χ1v) is 11.6. The van der Waals surface area contributed by atoms with Gasteiger partial charge in [0, 0.05) is 8.07 Å². The largest absolute Gasteiger partial charge is 4.00 e. The smallest absolute Gasteiger partial charge is 1.00 e. The summed E-state index contributed by atoms with van der Waals surface area (Å²) >= 11 is 0. The van der Waals surface area contributed by atoms with Crippen molar-refractivity contribution in [3.8, 4) is 0 Å². The first-order chi connectivity index (χ1) is 10.8. The van der Waals surface area contributed by atoms with E-state index in [9.17, 15) is 0 Å². The maximum Gasteiger partial charge on any atom is 4.00 e. The van der Waals surface area contributed by atoms with Crippen LogP contribution in [-0.2, 0) is 26.2 Å². The third-order valence-corrected chi connectivity index (χ3v) is 5.97. The van der Waals surface area contributed by atoms with Gasteiger partial charge in [-0.3, -0.25) is 0 Å². The van der Waals surface area contributed by atoms with Crippen LogP contribution in [0.15, 0.2) is 61.7 Å². The summed E-state index contributed by atoms with van der Waals surface area (Å²) in [6.45, 7) is 19.7. The Morgan fingerprint density at radius 3 is 1.85 bits per heavy atom. The molecule has 0 unspecified atom stereocenters. The summed E-state index contributed by atoms with van der Waals surface area (Å²) in [6, 6.07) is 17.5. The molecule has 4 heteroatoms. The quantitative estimate of drug-likeness (QED) is 0.264. The second-order valence-electron chi connectivity index (χ2n) is 7.01. The van der Waals surface area contributed by atoms with Crippen LogP contribution in [0.25, 0.3) is 10.8 Å². The minimum absolute atomic E-state index is 0. The Balaban J connectivity index is -0.000000382. The van der Waals surface area contributed by atoms with Crippen molar-refractivity contribution in [1.82, 2.24) is 0 Å². The first kappa shape index (κ1) is 30.3. The number of fused-ring (bicyclic) bond motifs is 1. The summed E-state index contributed by atoms with van der Waals surface area (Å²) in [5.41, 5.74) is 4.19. The van der Waals surface area contributed by atoms with Gasteiger partial charge in [0.1, 0.15) is 0 Å². The van der Waals surface area contributed by atoms with Crippen molar-refractivity contribution >= 4 is 24.0 Å². The van der Waals surface area contributed by atoms with Gasteiger partial charge in [0.05, 0.1) is 0 Å². The Hall–Kier alpha value is -0.400. The molecule has 0 aliphatic rings. The molecule has 0 nitrogen and oxygen atoms in total. The van der Waals surface area contributed by atoms with Crippen LogP contribution in [0.2, 0.25) is 19.6 Å². The molecule has 0 radical (unpaired) electrons. The van der Waals surface area contributed by atoms with Crippen LogP contribution >= 0.6 is 0 Å². The second kappa shape index (κ2) is 13.7. The number of aryl methyl sites for hydroxylation is 3. The fourth-order valence-electron chi connectivity index (χ4n) is 3.08. The predicted octanol–water partition coefficient (Wildman–Crippen LogP) is 0.242. The SMILES string of the molecule is C=C.Cc1[cH-]c2ccccc2c1[Si](C)(C)C.Cc1c[cH-]c(C)c1.[Cl-].[Cl-].[Zr+4]. The van der Waals surface area contributed by atoms with Gasteiger partial charge in [-0.05, 0) is 0 Å². The molecule has 0 bridgehead atoms. The fourth-order valence-corrected chi connectivity index (χ4v) is 5.37. The van der Waals surface area contributed by atoms with E-state index in [0.29, 0.717) is 0 Å². The molecule has 0 aliphatic heterocycles. The van der Waals surface area contributed by atoms with Gasteiger partial charge in [0.2, 0.25) is 0 Å². The number of rotatable bonds is 1. The normalized spacial score (nSPS) is 9.31. The van der Waals surface area contributed by atoms with Crippen LogP contribution in [0.5, 0.6) is 0 Å². The van der Waals surface area contributed by atoms with Crippen molar-refractivity contribution in [2.24, 2.45) is 0 Å². The van der Waals surface area contributed by atoms with Crippen molar-refractivity contribution in [3.05, 3.63) is 78.4 Å². The third kappa shape index (κ3) is 8.53. The van der Waals surface area contributed by atoms with E-state index in [1.54, 1.807) is 5.19 Å². The summed E-state index contributed by atoms with van der Waals surface area (Å²) in [4.78, 5) is 0. The van der Waals surface area contributed by atoms with Gasteiger partial charge in [-0.2, -0.15) is 22.9 Å². The van der Waals surface area contributed by atoms with E-state index in [4.69, 9.17) is 0 Å². The first-order valence-electron chi connectivity index (χ1n) is 8.14. The molecule has 0 amide bonds. The van der Waals surface area contributed by atoms with Crippen molar-refractivity contribution in [2.75, 3.05) is 0 Å². The van der Waals surface area contributed by atoms with Crippen molar-refractivity contribution in [1.29, 1.82) is 0 Å². The van der Waals surface area contributed by atoms with Gasteiger partial charge in [-0.15, -0.1) is 53.8 Å². The van der Waals surface area contributed by atoms with Crippen molar-refractivity contribution in [3.63, 3.8) is 0 Å². The summed E-state index contributed by atoms with van der Waals surface area (Å²) in [5, 5.41) is 4.51. The Labute approximate surface area is 192 Å². The molecule has 3 aromatic rings. The maximum atomic E-state index is 3.00. The minimum Gasteiger partial charge on any atom is -1.00 e. The summed E-state index contributed by atoms with van der Waals surface area (Å²) in [5.74, 6) is 0. The van der Waals surface area contributed by atoms with Gasteiger partial charge in [-0.1, -0.05) is 46.5 Å². The number of halogens is 2. The van der Waals surface area contributed by atoms with Crippen LogP contribution < -0.4 is 30.0 Å². The van der Waals surface area contributed by atoms with Gasteiger partial charge in [0.15, 0.2) is 0 Å². The van der Waals surface area contributed by atoms with E-state index in [-0.39, 0.29) is 51.0 Å². The molecule has 3 rings (SSSR count). The average molecular weight is 485 g/mol. The predicted molar refractivity (Wildman–Crippen MR) is 110 cm³/mol. The number of hydrogen-bond donors (Lipinski definition) is 0. The van der Waals surface area contributed by atoms with Crippen molar-refractivity contribution in [2.45, 2.75) is 40.4 Å². The molecule has 0 spiro atoms. The molecule has 3 aromatic carbocycles. The zero-order valence-electron chi connectivity index (χ0n) is 16.8. The molecule has 0 aromatic heterocycles. The van der Waals surface area contributed by atoms with Crippen LogP contribution in [0.1, 0.15) is 16.7 Å². The van der Waals surface area contributed by atoms with E-state index in [1.165, 1.54) is 27.5 Å². The van der Waals surface area contributed by atoms with E-state index in [1.807, 2.05) is 0 Å². The molecule has 0 aliphatic carbocycles. The van der Waals surface area contributed by atoms with Crippen LogP contribution in [0.3, 0.4) is 0 Å². The molecule has 26 heavy (non-hydrogen) atoms. The van der Waals surface area contributed by atoms with E-state index < -0.39 is 8.07 Å². The monoisotopic (exact) mass is 482 g/mol. The van der Waals surface area contributed by atoms with Crippen LogP contribution in [0, 0.1) is 20.8 Å². The zero-order valence-corrected chi connectivity index (χ0v) is 21.8. The van der Waals surface area contributed by atoms with Gasteiger partial charge < -0.3 is 24.8 Å². The topological polar surface area (TPSA) is 0 Å². The second-order valence-corrected chi connectivity index (χ2v) is 12.0. The fraction of sp³-hybridized carbons (Fsp3) is 0.273. The molecular formula is C22H30Cl2SiZr. The Kier molecular flexibility index (Phi) is 16.0. The molecular weight excluding hydrogens is 454 g/mol. The van der Waals surface area contributed by atoms with Crippen LogP contribution in [-0.4, -0.2) is 8.07 Å². The summed E-state index contributed by atoms with van der Waals surface area (Å²) in [6.07, 6.45) is 0. The summed E-state index contributed by atoms with van der Waals surface area (Å²) < 4.78 is 0. The van der Waals surface area contributed by atoms with Gasteiger partial charge in [0.25, 0.3) is 0 Å². The molecule has 0 atom stereocenters. The molecule has 0 heterocycles. The molecule has 0 fully saturated rings. The number of hydrogen-bond acceptors (Lipinski definition) is 0. The third-order valence-electron chi connectivity index (χ3n) is 3.81. The van der Waals surface area contributed by atoms with E-state index in [0.717, 1.165) is 0 Å². The Bertz CT molecular complexity index is 734. The molecule has 0 saturated heterocycles. The minimum atomic E-state index is -1.19. The average Bonchev–Trinajstić information content (AvgIpc) is 3.02. The van der Waals surface area contributed by atoms with E-state index in [2.05, 4.69) is 102 Å². The van der Waals surface area contributed by atoms with Crippen LogP contribution in [0.4, 0.5) is 0 Å². The zero-order chi connectivity index (χ0) is 17.6. The summed E-state index contributed by atoms with van der Waals surface area (Å²) in [7, 11) is -1.19. The Morgan fingerprint density at radius 1 is 0.923 bits per heavy atom. The molecule has 0 N–H and O–H groups in total. The standard InChI is InChI=1S/C13H17Si.C7H9.C2H4.2ClH.Zr/c1-10-9-11-7-5-6-8-12(11)13(10)14(2,3)4;1-6-3-4-7(2)5-6;1-2;;;/h5-9H,1-4H3;3-5H,1-2H3;1-2H2;2*1H;/q2*-1;;;;+4/p-2. The molecule has 140 valence electrons. The van der Waals surface area contributed by atoms with Gasteiger partial charge in [-0.25, -0.2) is 11.6 Å². The van der Waals surface area contributed by atoms with Crippen molar-refractivity contribution < 1.29 is 51.0 Å². The van der Waals surface area contributed by atoms with E-state index >= 15 is 0 Å². The maximum absolute atomic E-state index is 3.00. The molecule has 0 saturated carbocycles.